The lowest BCUT2D eigenvalue weighted by atomic mass is 10.2. The van der Waals surface area contributed by atoms with Gasteiger partial charge >= 0.3 is 6.18 Å². The average molecular weight is 193 g/mol. The summed E-state index contributed by atoms with van der Waals surface area (Å²) >= 11 is 0. The zero-order valence-electron chi connectivity index (χ0n) is 7.04. The SMILES string of the molecule is CCn1cncc1C(N)C(F)(F)F. The molecule has 0 radical (unpaired) electrons. The van der Waals surface area contributed by atoms with Crippen LogP contribution in [0.3, 0.4) is 0 Å². The number of nitrogens with two attached hydrogens (primary N) is 1. The van der Waals surface area contributed by atoms with Gasteiger partial charge in [-0.05, 0) is 6.92 Å². The smallest absolute Gasteiger partial charge is 0.333 e. The molecule has 0 fully saturated rings. The number of imidazole rings is 1. The van der Waals surface area contributed by atoms with Crippen LogP contribution < -0.4 is 5.73 Å². The van der Waals surface area contributed by atoms with Crippen molar-refractivity contribution in [1.82, 2.24) is 9.55 Å². The van der Waals surface area contributed by atoms with Gasteiger partial charge in [0.15, 0.2) is 0 Å². The summed E-state index contributed by atoms with van der Waals surface area (Å²) in [4.78, 5) is 3.61. The zero-order chi connectivity index (χ0) is 10.1. The van der Waals surface area contributed by atoms with Crippen LogP contribution in [0.25, 0.3) is 0 Å². The van der Waals surface area contributed by atoms with Crippen LogP contribution >= 0.6 is 0 Å². The Morgan fingerprint density at radius 3 is 2.69 bits per heavy atom. The van der Waals surface area contributed by atoms with E-state index < -0.39 is 12.2 Å². The third-order valence-electron chi connectivity index (χ3n) is 1.76. The van der Waals surface area contributed by atoms with Gasteiger partial charge < -0.3 is 10.3 Å². The van der Waals surface area contributed by atoms with Gasteiger partial charge in [0.25, 0.3) is 0 Å². The van der Waals surface area contributed by atoms with Gasteiger partial charge in [-0.25, -0.2) is 4.98 Å². The highest BCUT2D eigenvalue weighted by Crippen LogP contribution is 2.29. The van der Waals surface area contributed by atoms with E-state index in [2.05, 4.69) is 4.98 Å². The van der Waals surface area contributed by atoms with E-state index in [1.54, 1.807) is 6.92 Å². The summed E-state index contributed by atoms with van der Waals surface area (Å²) in [5.74, 6) is 0. The second-order valence-corrected chi connectivity index (χ2v) is 2.62. The van der Waals surface area contributed by atoms with E-state index in [0.717, 1.165) is 6.20 Å². The summed E-state index contributed by atoms with van der Waals surface area (Å²) in [5.41, 5.74) is 5.00. The van der Waals surface area contributed by atoms with E-state index in [1.807, 2.05) is 0 Å². The average Bonchev–Trinajstić information content (AvgIpc) is 2.48. The summed E-state index contributed by atoms with van der Waals surface area (Å²) < 4.78 is 37.9. The van der Waals surface area contributed by atoms with E-state index in [-0.39, 0.29) is 5.69 Å². The van der Waals surface area contributed by atoms with Crippen LogP contribution in [0.5, 0.6) is 0 Å². The van der Waals surface area contributed by atoms with E-state index in [1.165, 1.54) is 10.9 Å². The summed E-state index contributed by atoms with van der Waals surface area (Å²) in [7, 11) is 0. The van der Waals surface area contributed by atoms with Gasteiger partial charge in [0.2, 0.25) is 0 Å². The van der Waals surface area contributed by atoms with Gasteiger partial charge in [-0.1, -0.05) is 0 Å². The molecule has 2 N–H and O–H groups in total. The van der Waals surface area contributed by atoms with Crippen molar-refractivity contribution in [2.75, 3.05) is 0 Å². The lowest BCUT2D eigenvalue weighted by Gasteiger charge is -2.16. The predicted octanol–water partition coefficient (Wildman–Crippen LogP) is 1.47. The maximum Gasteiger partial charge on any atom is 0.409 e. The topological polar surface area (TPSA) is 43.8 Å². The van der Waals surface area contributed by atoms with Crippen LogP contribution in [-0.4, -0.2) is 15.7 Å². The Bertz CT molecular complexity index is 279. The molecule has 74 valence electrons. The van der Waals surface area contributed by atoms with E-state index >= 15 is 0 Å². The van der Waals surface area contributed by atoms with Crippen molar-refractivity contribution in [2.24, 2.45) is 5.73 Å². The molecule has 1 rings (SSSR count). The molecular weight excluding hydrogens is 183 g/mol. The fourth-order valence-corrected chi connectivity index (χ4v) is 1.02. The minimum absolute atomic E-state index is 0.00463. The van der Waals surface area contributed by atoms with Crippen molar-refractivity contribution in [3.05, 3.63) is 18.2 Å². The number of alkyl halides is 3. The highest BCUT2D eigenvalue weighted by molar-refractivity contribution is 5.06. The molecule has 1 unspecified atom stereocenters. The standard InChI is InChI=1S/C7H10F3N3/c1-2-13-4-12-3-5(13)6(11)7(8,9)10/h3-4,6H,2,11H2,1H3. The summed E-state index contributed by atoms with van der Waals surface area (Å²) in [6, 6.07) is -1.95. The quantitative estimate of drug-likeness (QED) is 0.772. The molecule has 0 saturated carbocycles. The van der Waals surface area contributed by atoms with Crippen molar-refractivity contribution in [1.29, 1.82) is 0 Å². The molecule has 1 aromatic heterocycles. The molecule has 6 heteroatoms. The third-order valence-corrected chi connectivity index (χ3v) is 1.76. The minimum Gasteiger partial charge on any atom is -0.333 e. The van der Waals surface area contributed by atoms with Gasteiger partial charge in [0.05, 0.1) is 18.2 Å². The van der Waals surface area contributed by atoms with Crippen LogP contribution in [0, 0.1) is 0 Å². The van der Waals surface area contributed by atoms with Crippen molar-refractivity contribution < 1.29 is 13.2 Å². The first-order valence-corrected chi connectivity index (χ1v) is 3.79. The van der Waals surface area contributed by atoms with Gasteiger partial charge in [-0.3, -0.25) is 0 Å². The fraction of sp³-hybridized carbons (Fsp3) is 0.571. The Hall–Kier alpha value is -1.04. The van der Waals surface area contributed by atoms with E-state index in [0.29, 0.717) is 6.54 Å². The molecule has 1 atom stereocenters. The molecule has 0 aliphatic carbocycles. The first kappa shape index (κ1) is 10.0. The highest BCUT2D eigenvalue weighted by atomic mass is 19.4. The molecule has 1 aromatic rings. The van der Waals surface area contributed by atoms with Crippen LogP contribution in [0.15, 0.2) is 12.5 Å². The van der Waals surface area contributed by atoms with Crippen LogP contribution in [-0.2, 0) is 6.54 Å². The second-order valence-electron chi connectivity index (χ2n) is 2.62. The number of halogens is 3. The number of aryl methyl sites for hydroxylation is 1. The molecule has 0 aromatic carbocycles. The summed E-state index contributed by atoms with van der Waals surface area (Å²) in [6.45, 7) is 2.16. The van der Waals surface area contributed by atoms with Gasteiger partial charge in [-0.2, -0.15) is 13.2 Å². The molecule has 0 spiro atoms. The maximum absolute atomic E-state index is 12.2. The number of rotatable bonds is 2. The Morgan fingerprint density at radius 2 is 2.23 bits per heavy atom. The predicted molar refractivity (Wildman–Crippen MR) is 40.9 cm³/mol. The molecule has 0 aliphatic heterocycles. The number of hydrogen-bond donors (Lipinski definition) is 1. The molecule has 0 bridgehead atoms. The second kappa shape index (κ2) is 3.37. The molecule has 0 aliphatic rings. The normalized spacial score (nSPS) is 14.5. The number of hydrogen-bond acceptors (Lipinski definition) is 2. The molecular formula is C7H10F3N3. The van der Waals surface area contributed by atoms with Crippen LogP contribution in [0.2, 0.25) is 0 Å². The molecule has 0 amide bonds. The van der Waals surface area contributed by atoms with Crippen LogP contribution in [0.4, 0.5) is 13.2 Å². The first-order valence-electron chi connectivity index (χ1n) is 3.79. The van der Waals surface area contributed by atoms with Crippen molar-refractivity contribution in [2.45, 2.75) is 25.7 Å². The van der Waals surface area contributed by atoms with Crippen LogP contribution in [0.1, 0.15) is 18.7 Å². The number of aromatic nitrogens is 2. The highest BCUT2D eigenvalue weighted by Gasteiger charge is 2.39. The molecule has 0 saturated heterocycles. The minimum atomic E-state index is -4.41. The van der Waals surface area contributed by atoms with Gasteiger partial charge in [-0.15, -0.1) is 0 Å². The van der Waals surface area contributed by atoms with Gasteiger partial charge in [0, 0.05) is 6.54 Å². The maximum atomic E-state index is 12.2. The van der Waals surface area contributed by atoms with Crippen molar-refractivity contribution in [3.8, 4) is 0 Å². The lowest BCUT2D eigenvalue weighted by molar-refractivity contribution is -0.150. The molecule has 13 heavy (non-hydrogen) atoms. The largest absolute Gasteiger partial charge is 0.409 e. The Labute approximate surface area is 73.4 Å². The zero-order valence-corrected chi connectivity index (χ0v) is 7.04. The summed E-state index contributed by atoms with van der Waals surface area (Å²) in [5, 5.41) is 0. The third kappa shape index (κ3) is 2.00. The Balaban J connectivity index is 2.94. The Kier molecular flexibility index (Phi) is 2.60. The molecule has 3 nitrogen and oxygen atoms in total. The van der Waals surface area contributed by atoms with Crippen molar-refractivity contribution in [3.63, 3.8) is 0 Å². The number of nitrogens with zero attached hydrogens (tertiary/aromatic N) is 2. The monoisotopic (exact) mass is 193 g/mol. The van der Waals surface area contributed by atoms with Gasteiger partial charge in [0.1, 0.15) is 6.04 Å². The first-order chi connectivity index (χ1) is 5.96. The van der Waals surface area contributed by atoms with Crippen molar-refractivity contribution >= 4 is 0 Å². The molecule has 1 heterocycles. The van der Waals surface area contributed by atoms with E-state index in [4.69, 9.17) is 5.73 Å². The fourth-order valence-electron chi connectivity index (χ4n) is 1.02. The lowest BCUT2D eigenvalue weighted by Crippen LogP contribution is -2.30. The van der Waals surface area contributed by atoms with E-state index in [9.17, 15) is 13.2 Å². The summed E-state index contributed by atoms with van der Waals surface area (Å²) in [6.07, 6.45) is -1.93. The Morgan fingerprint density at radius 1 is 1.62 bits per heavy atom.